The molecule has 29 heavy (non-hydrogen) atoms. The number of anilines is 4. The maximum absolute atomic E-state index is 6.24. The standard InChI is InChI=1S/C25H18N3O/c1-17-13-14-19-20-10-7-15-26-25(20)29-24(19)23(17)28-16-27(18-8-3-2-4-9-18)21-11-5-6-12-22(21)28/h2-16H,1H3. The van der Waals surface area contributed by atoms with Crippen molar-refractivity contribution in [3.8, 4) is 0 Å². The van der Waals surface area contributed by atoms with Gasteiger partial charge in [0.1, 0.15) is 0 Å². The summed E-state index contributed by atoms with van der Waals surface area (Å²) < 4.78 is 6.24. The summed E-state index contributed by atoms with van der Waals surface area (Å²) in [5.41, 5.74) is 7.12. The van der Waals surface area contributed by atoms with Crippen molar-refractivity contribution in [2.75, 3.05) is 9.80 Å². The van der Waals surface area contributed by atoms with E-state index in [9.17, 15) is 0 Å². The molecule has 2 aromatic heterocycles. The van der Waals surface area contributed by atoms with Crippen molar-refractivity contribution >= 4 is 44.8 Å². The number of pyridine rings is 1. The number of benzene rings is 3. The first-order valence-electron chi connectivity index (χ1n) is 9.65. The van der Waals surface area contributed by atoms with Gasteiger partial charge in [0.2, 0.25) is 5.71 Å². The number of hydrogen-bond acceptors (Lipinski definition) is 4. The Balaban J connectivity index is 1.59. The molecule has 0 saturated heterocycles. The second-order valence-electron chi connectivity index (χ2n) is 7.25. The summed E-state index contributed by atoms with van der Waals surface area (Å²) in [4.78, 5) is 8.86. The van der Waals surface area contributed by atoms with Gasteiger partial charge in [0.25, 0.3) is 0 Å². The molecule has 3 aromatic carbocycles. The highest BCUT2D eigenvalue weighted by molar-refractivity contribution is 6.10. The Bertz CT molecular complexity index is 1360. The largest absolute Gasteiger partial charge is 0.435 e. The fraction of sp³-hybridized carbons (Fsp3) is 0.0400. The average Bonchev–Trinajstić information content (AvgIpc) is 3.33. The molecule has 4 nitrogen and oxygen atoms in total. The number of fused-ring (bicyclic) bond motifs is 4. The second kappa shape index (κ2) is 6.11. The summed E-state index contributed by atoms with van der Waals surface area (Å²) >= 11 is 0. The van der Waals surface area contributed by atoms with Crippen LogP contribution in [0.3, 0.4) is 0 Å². The van der Waals surface area contributed by atoms with Crippen LogP contribution in [0, 0.1) is 13.6 Å². The van der Waals surface area contributed by atoms with E-state index in [4.69, 9.17) is 4.42 Å². The number of aryl methyl sites for hydroxylation is 1. The fourth-order valence-corrected chi connectivity index (χ4v) is 4.14. The van der Waals surface area contributed by atoms with E-state index in [2.05, 4.69) is 95.1 Å². The van der Waals surface area contributed by atoms with Gasteiger partial charge >= 0.3 is 0 Å². The molecule has 0 spiro atoms. The van der Waals surface area contributed by atoms with Crippen LogP contribution in [-0.4, -0.2) is 4.98 Å². The third kappa shape index (κ3) is 2.36. The molecule has 1 radical (unpaired) electrons. The van der Waals surface area contributed by atoms with Crippen LogP contribution in [-0.2, 0) is 0 Å². The van der Waals surface area contributed by atoms with Crippen molar-refractivity contribution in [2.45, 2.75) is 6.92 Å². The van der Waals surface area contributed by atoms with Gasteiger partial charge < -0.3 is 14.2 Å². The van der Waals surface area contributed by atoms with Gasteiger partial charge in [0.05, 0.1) is 17.1 Å². The Kier molecular flexibility index (Phi) is 3.41. The van der Waals surface area contributed by atoms with Crippen molar-refractivity contribution in [1.82, 2.24) is 4.98 Å². The third-order valence-electron chi connectivity index (χ3n) is 5.50. The Labute approximate surface area is 168 Å². The predicted octanol–water partition coefficient (Wildman–Crippen LogP) is 6.70. The number of aromatic nitrogens is 1. The van der Waals surface area contributed by atoms with Crippen molar-refractivity contribution in [1.29, 1.82) is 0 Å². The first-order chi connectivity index (χ1) is 14.3. The van der Waals surface area contributed by atoms with Crippen molar-refractivity contribution in [2.24, 2.45) is 0 Å². The maximum Gasteiger partial charge on any atom is 0.227 e. The predicted molar refractivity (Wildman–Crippen MR) is 118 cm³/mol. The number of furan rings is 1. The summed E-state index contributed by atoms with van der Waals surface area (Å²) in [5, 5.41) is 2.12. The number of para-hydroxylation sites is 3. The summed E-state index contributed by atoms with van der Waals surface area (Å²) in [6.07, 6.45) is 1.77. The average molecular weight is 376 g/mol. The molecule has 1 aliphatic heterocycles. The van der Waals surface area contributed by atoms with E-state index in [0.717, 1.165) is 44.7 Å². The molecule has 0 N–H and O–H groups in total. The Hall–Kier alpha value is -3.79. The Morgan fingerprint density at radius 3 is 2.31 bits per heavy atom. The molecule has 6 rings (SSSR count). The summed E-state index contributed by atoms with van der Waals surface area (Å²) in [5.74, 6) is 0. The zero-order valence-electron chi connectivity index (χ0n) is 15.9. The van der Waals surface area contributed by atoms with E-state index in [-0.39, 0.29) is 0 Å². The smallest absolute Gasteiger partial charge is 0.227 e. The highest BCUT2D eigenvalue weighted by Crippen LogP contribution is 2.49. The molecular weight excluding hydrogens is 358 g/mol. The normalized spacial score (nSPS) is 13.4. The van der Waals surface area contributed by atoms with Crippen LogP contribution < -0.4 is 9.80 Å². The molecule has 0 fully saturated rings. The Morgan fingerprint density at radius 1 is 0.724 bits per heavy atom. The minimum Gasteiger partial charge on any atom is -0.435 e. The van der Waals surface area contributed by atoms with Crippen molar-refractivity contribution < 1.29 is 4.42 Å². The maximum atomic E-state index is 6.24. The number of hydrogen-bond donors (Lipinski definition) is 0. The van der Waals surface area contributed by atoms with Gasteiger partial charge in [0.15, 0.2) is 12.3 Å². The van der Waals surface area contributed by atoms with Gasteiger partial charge in [-0.3, -0.25) is 0 Å². The van der Waals surface area contributed by atoms with Gasteiger partial charge in [-0.15, -0.1) is 0 Å². The summed E-state index contributed by atoms with van der Waals surface area (Å²) in [6.45, 7) is 4.26. The zero-order chi connectivity index (χ0) is 19.4. The van der Waals surface area contributed by atoms with Gasteiger partial charge in [-0.2, -0.15) is 0 Å². The van der Waals surface area contributed by atoms with Crippen LogP contribution in [0.5, 0.6) is 0 Å². The topological polar surface area (TPSA) is 32.5 Å². The second-order valence-corrected chi connectivity index (χ2v) is 7.25. The van der Waals surface area contributed by atoms with E-state index in [0.29, 0.717) is 5.71 Å². The molecule has 3 heterocycles. The molecular formula is C25H18N3O. The molecule has 4 heteroatoms. The van der Waals surface area contributed by atoms with Gasteiger partial charge in [-0.1, -0.05) is 42.5 Å². The monoisotopic (exact) mass is 376 g/mol. The third-order valence-corrected chi connectivity index (χ3v) is 5.50. The first-order valence-corrected chi connectivity index (χ1v) is 9.65. The highest BCUT2D eigenvalue weighted by atomic mass is 16.3. The van der Waals surface area contributed by atoms with Gasteiger partial charge in [-0.25, -0.2) is 4.98 Å². The van der Waals surface area contributed by atoms with Crippen LogP contribution in [0.4, 0.5) is 22.7 Å². The van der Waals surface area contributed by atoms with Gasteiger partial charge in [-0.05, 0) is 48.9 Å². The van der Waals surface area contributed by atoms with Crippen LogP contribution >= 0.6 is 0 Å². The minimum atomic E-state index is 0.668. The highest BCUT2D eigenvalue weighted by Gasteiger charge is 2.31. The molecule has 0 amide bonds. The number of nitrogens with zero attached hydrogens (tertiary/aromatic N) is 3. The fourth-order valence-electron chi connectivity index (χ4n) is 4.14. The lowest BCUT2D eigenvalue weighted by Crippen LogP contribution is -2.18. The van der Waals surface area contributed by atoms with Crippen LogP contribution in [0.15, 0.2) is 89.5 Å². The first kappa shape index (κ1) is 16.2. The van der Waals surface area contributed by atoms with E-state index in [1.807, 2.05) is 12.1 Å². The molecule has 0 atom stereocenters. The molecule has 139 valence electrons. The molecule has 0 unspecified atom stereocenters. The lowest BCUT2D eigenvalue weighted by atomic mass is 10.1. The van der Waals surface area contributed by atoms with E-state index >= 15 is 0 Å². The van der Waals surface area contributed by atoms with Gasteiger partial charge in [0, 0.05) is 22.7 Å². The number of rotatable bonds is 2. The Morgan fingerprint density at radius 2 is 1.48 bits per heavy atom. The van der Waals surface area contributed by atoms with Crippen LogP contribution in [0.25, 0.3) is 22.1 Å². The quantitative estimate of drug-likeness (QED) is 0.343. The summed E-state index contributed by atoms with van der Waals surface area (Å²) in [6, 6.07) is 27.1. The lowest BCUT2D eigenvalue weighted by Gasteiger charge is -2.22. The minimum absolute atomic E-state index is 0.668. The molecule has 0 bridgehead atoms. The van der Waals surface area contributed by atoms with E-state index < -0.39 is 0 Å². The van der Waals surface area contributed by atoms with Crippen molar-refractivity contribution in [3.63, 3.8) is 0 Å². The summed E-state index contributed by atoms with van der Waals surface area (Å²) in [7, 11) is 0. The zero-order valence-corrected chi connectivity index (χ0v) is 15.9. The molecule has 5 aromatic rings. The van der Waals surface area contributed by atoms with Crippen molar-refractivity contribution in [3.05, 3.63) is 97.3 Å². The molecule has 1 aliphatic rings. The SMILES string of the molecule is Cc1ccc2c(oc3ncccc32)c1N1[CH]N(c2ccccc2)c2ccccc21. The van der Waals surface area contributed by atoms with E-state index in [1.165, 1.54) is 0 Å². The molecule has 0 saturated carbocycles. The van der Waals surface area contributed by atoms with E-state index in [1.54, 1.807) is 6.20 Å². The van der Waals surface area contributed by atoms with Crippen LogP contribution in [0.1, 0.15) is 5.56 Å². The molecule has 0 aliphatic carbocycles. The lowest BCUT2D eigenvalue weighted by molar-refractivity contribution is 0.653. The van der Waals surface area contributed by atoms with Crippen LogP contribution in [0.2, 0.25) is 0 Å².